The highest BCUT2D eigenvalue weighted by molar-refractivity contribution is 6.07. The molecule has 0 spiro atoms. The molecular weight excluding hydrogens is 442 g/mol. The molecule has 0 bridgehead atoms. The van der Waals surface area contributed by atoms with E-state index in [2.05, 4.69) is 41.5 Å². The number of piperidine rings is 1. The number of imide groups is 1. The fourth-order valence-corrected chi connectivity index (χ4v) is 5.03. The lowest BCUT2D eigenvalue weighted by molar-refractivity contribution is -0.142. The number of likely N-dealkylation sites (tertiary alicyclic amines) is 1. The predicted octanol–water partition coefficient (Wildman–Crippen LogP) is 3.66. The van der Waals surface area contributed by atoms with Crippen LogP contribution in [0.4, 0.5) is 0 Å². The third-order valence-electron chi connectivity index (χ3n) is 7.12. The van der Waals surface area contributed by atoms with Gasteiger partial charge in [0.25, 0.3) is 5.91 Å². The molecule has 1 aromatic rings. The minimum atomic E-state index is -0.659. The molecule has 2 saturated heterocycles. The van der Waals surface area contributed by atoms with Crippen LogP contribution in [-0.2, 0) is 32.3 Å². The van der Waals surface area contributed by atoms with E-state index in [9.17, 15) is 14.4 Å². The average molecular weight is 478 g/mol. The molecule has 1 saturated carbocycles. The van der Waals surface area contributed by atoms with Crippen LogP contribution in [0.2, 0.25) is 0 Å². The van der Waals surface area contributed by atoms with Crippen molar-refractivity contribution >= 4 is 17.7 Å². The van der Waals surface area contributed by atoms with E-state index in [0.717, 1.165) is 17.7 Å². The fraction of sp³-hybridized carbons (Fsp3) is 0.464. The van der Waals surface area contributed by atoms with E-state index in [0.29, 0.717) is 30.4 Å². The fourth-order valence-electron chi connectivity index (χ4n) is 5.03. The molecule has 2 aliphatic heterocycles. The Morgan fingerprint density at radius 2 is 1.83 bits per heavy atom. The maximum absolute atomic E-state index is 13.1. The van der Waals surface area contributed by atoms with Gasteiger partial charge in [0.1, 0.15) is 12.6 Å². The third kappa shape index (κ3) is 6.09. The Morgan fingerprint density at radius 1 is 1.11 bits per heavy atom. The standard InChI is InChI=1S/C28H35N3O4/c1-3-7-23-24(17-31(28(23)34)25-14-15-26(32)30-27(25)33)19(2)35-18-21-12-10-20(11-13-21)16-29-22-8-5-4-6-9-22/h3,7,10-13,22,25,29H,1,4-6,8-9,14-18H2,2H3,(H,30,32,33)/b23-7+,24-19+. The highest BCUT2D eigenvalue weighted by Gasteiger charge is 2.41. The number of allylic oxidation sites excluding steroid dienone is 3. The molecule has 0 aromatic heterocycles. The van der Waals surface area contributed by atoms with Crippen molar-refractivity contribution in [2.75, 3.05) is 6.54 Å². The Labute approximate surface area is 207 Å². The Balaban J connectivity index is 1.38. The molecule has 2 heterocycles. The number of benzene rings is 1. The van der Waals surface area contributed by atoms with Gasteiger partial charge in [-0.2, -0.15) is 0 Å². The lowest BCUT2D eigenvalue weighted by Gasteiger charge is -2.29. The van der Waals surface area contributed by atoms with Crippen LogP contribution in [0.15, 0.2) is 59.9 Å². The first-order chi connectivity index (χ1) is 17.0. The van der Waals surface area contributed by atoms with Gasteiger partial charge in [-0.05, 0) is 43.4 Å². The molecular formula is C28H35N3O4. The number of rotatable bonds is 8. The molecule has 1 aromatic carbocycles. The van der Waals surface area contributed by atoms with Crippen LogP contribution >= 0.6 is 0 Å². The van der Waals surface area contributed by atoms with Crippen molar-refractivity contribution in [1.82, 2.24) is 15.5 Å². The van der Waals surface area contributed by atoms with Gasteiger partial charge >= 0.3 is 0 Å². The van der Waals surface area contributed by atoms with E-state index in [1.54, 1.807) is 12.2 Å². The summed E-state index contributed by atoms with van der Waals surface area (Å²) in [6, 6.07) is 8.38. The molecule has 1 atom stereocenters. The van der Waals surface area contributed by atoms with Crippen LogP contribution in [0.3, 0.4) is 0 Å². The highest BCUT2D eigenvalue weighted by Crippen LogP contribution is 2.31. The van der Waals surface area contributed by atoms with Crippen molar-refractivity contribution in [2.24, 2.45) is 0 Å². The summed E-state index contributed by atoms with van der Waals surface area (Å²) in [6.45, 7) is 7.10. The smallest absolute Gasteiger partial charge is 0.255 e. The molecule has 0 radical (unpaired) electrons. The van der Waals surface area contributed by atoms with Crippen molar-refractivity contribution in [3.8, 4) is 0 Å². The minimum Gasteiger partial charge on any atom is -0.493 e. The topological polar surface area (TPSA) is 87.7 Å². The number of hydrogen-bond donors (Lipinski definition) is 2. The van der Waals surface area contributed by atoms with Gasteiger partial charge < -0.3 is 15.0 Å². The first-order valence-electron chi connectivity index (χ1n) is 12.6. The second kappa shape index (κ2) is 11.5. The zero-order valence-electron chi connectivity index (χ0n) is 20.5. The Hall–Kier alpha value is -3.19. The van der Waals surface area contributed by atoms with Gasteiger partial charge in [-0.25, -0.2) is 0 Å². The number of hydrogen-bond acceptors (Lipinski definition) is 5. The first kappa shape index (κ1) is 24.9. The number of ether oxygens (including phenoxy) is 1. The summed E-state index contributed by atoms with van der Waals surface area (Å²) >= 11 is 0. The van der Waals surface area contributed by atoms with E-state index >= 15 is 0 Å². The van der Waals surface area contributed by atoms with Crippen molar-refractivity contribution in [3.63, 3.8) is 0 Å². The van der Waals surface area contributed by atoms with Gasteiger partial charge in [-0.15, -0.1) is 0 Å². The number of amides is 3. The van der Waals surface area contributed by atoms with Crippen LogP contribution in [0.5, 0.6) is 0 Å². The van der Waals surface area contributed by atoms with Crippen molar-refractivity contribution < 1.29 is 19.1 Å². The van der Waals surface area contributed by atoms with Crippen LogP contribution in [0.1, 0.15) is 63.0 Å². The summed E-state index contributed by atoms with van der Waals surface area (Å²) < 4.78 is 6.07. The summed E-state index contributed by atoms with van der Waals surface area (Å²) in [6.07, 6.45) is 10.3. The number of carbonyl (C=O) groups is 3. The molecule has 3 aliphatic rings. The summed E-state index contributed by atoms with van der Waals surface area (Å²) in [5, 5.41) is 6.00. The molecule has 7 nitrogen and oxygen atoms in total. The van der Waals surface area contributed by atoms with Gasteiger partial charge in [-0.1, -0.05) is 56.2 Å². The van der Waals surface area contributed by atoms with Gasteiger partial charge in [0, 0.05) is 30.2 Å². The Bertz CT molecular complexity index is 1030. The predicted molar refractivity (Wildman–Crippen MR) is 134 cm³/mol. The van der Waals surface area contributed by atoms with Crippen molar-refractivity contribution in [2.45, 2.75) is 77.1 Å². The van der Waals surface area contributed by atoms with Crippen LogP contribution in [0, 0.1) is 0 Å². The van der Waals surface area contributed by atoms with Gasteiger partial charge in [0.05, 0.1) is 12.3 Å². The largest absolute Gasteiger partial charge is 0.493 e. The lowest BCUT2D eigenvalue weighted by atomic mass is 9.95. The van der Waals surface area contributed by atoms with Crippen molar-refractivity contribution in [3.05, 3.63) is 71.0 Å². The zero-order valence-corrected chi connectivity index (χ0v) is 20.5. The Kier molecular flexibility index (Phi) is 8.18. The minimum absolute atomic E-state index is 0.224. The first-order valence-corrected chi connectivity index (χ1v) is 12.6. The summed E-state index contributed by atoms with van der Waals surface area (Å²) in [4.78, 5) is 38.4. The average Bonchev–Trinajstić information content (AvgIpc) is 3.18. The van der Waals surface area contributed by atoms with E-state index < -0.39 is 11.9 Å². The number of nitrogens with zero attached hydrogens (tertiary/aromatic N) is 1. The van der Waals surface area contributed by atoms with Gasteiger partial charge in [0.15, 0.2) is 0 Å². The monoisotopic (exact) mass is 477 g/mol. The number of carbonyl (C=O) groups excluding carboxylic acids is 3. The third-order valence-corrected chi connectivity index (χ3v) is 7.12. The van der Waals surface area contributed by atoms with Crippen LogP contribution in [0.25, 0.3) is 0 Å². The Morgan fingerprint density at radius 3 is 2.51 bits per heavy atom. The van der Waals surface area contributed by atoms with Crippen LogP contribution in [-0.4, -0.2) is 41.2 Å². The zero-order chi connectivity index (χ0) is 24.8. The molecule has 2 N–H and O–H groups in total. The van der Waals surface area contributed by atoms with E-state index in [-0.39, 0.29) is 24.8 Å². The van der Waals surface area contributed by atoms with Crippen LogP contribution < -0.4 is 10.6 Å². The normalized spacial score (nSPS) is 24.0. The number of nitrogens with one attached hydrogen (secondary N) is 2. The molecule has 7 heteroatoms. The van der Waals surface area contributed by atoms with Gasteiger partial charge in [-0.3, -0.25) is 19.7 Å². The molecule has 4 rings (SSSR count). The SMILES string of the molecule is C=C/C=C1/C(=O)N(C2CCC(=O)NC2=O)C/C1=C(/C)OCc1ccc(CNC2CCCCC2)cc1. The summed E-state index contributed by atoms with van der Waals surface area (Å²) in [5.74, 6) is -0.326. The quantitative estimate of drug-likeness (QED) is 0.339. The highest BCUT2D eigenvalue weighted by atomic mass is 16.5. The van der Waals surface area contributed by atoms with E-state index in [1.807, 2.05) is 6.92 Å². The second-order valence-corrected chi connectivity index (χ2v) is 9.57. The summed E-state index contributed by atoms with van der Waals surface area (Å²) in [7, 11) is 0. The van der Waals surface area contributed by atoms with E-state index in [1.165, 1.54) is 42.6 Å². The second-order valence-electron chi connectivity index (χ2n) is 9.57. The molecule has 3 fully saturated rings. The molecule has 35 heavy (non-hydrogen) atoms. The molecule has 186 valence electrons. The van der Waals surface area contributed by atoms with E-state index in [4.69, 9.17) is 4.74 Å². The van der Waals surface area contributed by atoms with Crippen molar-refractivity contribution in [1.29, 1.82) is 0 Å². The molecule has 3 amide bonds. The molecule has 1 aliphatic carbocycles. The summed E-state index contributed by atoms with van der Waals surface area (Å²) in [5.41, 5.74) is 3.53. The maximum Gasteiger partial charge on any atom is 0.255 e. The molecule has 1 unspecified atom stereocenters. The van der Waals surface area contributed by atoms with Gasteiger partial charge in [0.2, 0.25) is 11.8 Å². The lowest BCUT2D eigenvalue weighted by Crippen LogP contribution is -2.52. The maximum atomic E-state index is 13.1.